The second kappa shape index (κ2) is 9.32. The molecule has 186 valence electrons. The van der Waals surface area contributed by atoms with Gasteiger partial charge in [-0.2, -0.15) is 5.10 Å². The minimum atomic E-state index is -0.875. The summed E-state index contributed by atoms with van der Waals surface area (Å²) < 4.78 is 5.74. The first kappa shape index (κ1) is 23.2. The Morgan fingerprint density at radius 2 is 1.59 bits per heavy atom. The van der Waals surface area contributed by atoms with E-state index in [0.717, 1.165) is 24.0 Å². The Bertz CT molecular complexity index is 1390. The van der Waals surface area contributed by atoms with Crippen LogP contribution >= 0.6 is 0 Å². The molecule has 6 rings (SSSR count). The highest BCUT2D eigenvalue weighted by Crippen LogP contribution is 2.53. The van der Waals surface area contributed by atoms with Crippen molar-refractivity contribution in [2.24, 2.45) is 16.9 Å². The van der Waals surface area contributed by atoms with Gasteiger partial charge in [-0.25, -0.2) is 4.90 Å². The number of carbonyl (C=O) groups excluding carboxylic acids is 3. The zero-order valence-corrected chi connectivity index (χ0v) is 20.5. The van der Waals surface area contributed by atoms with E-state index in [1.165, 1.54) is 4.90 Å². The van der Waals surface area contributed by atoms with Gasteiger partial charge in [-0.15, -0.1) is 0 Å². The number of unbranched alkanes of at least 4 members (excludes halogenated alkanes) is 1. The lowest BCUT2D eigenvalue weighted by atomic mass is 9.83. The third kappa shape index (κ3) is 3.73. The molecule has 0 aromatic heterocycles. The Labute approximate surface area is 215 Å². The van der Waals surface area contributed by atoms with Crippen LogP contribution in [0.25, 0.3) is 0 Å². The fourth-order valence-electron chi connectivity index (χ4n) is 5.72. The van der Waals surface area contributed by atoms with Crippen molar-refractivity contribution in [2.75, 3.05) is 11.5 Å². The molecule has 37 heavy (non-hydrogen) atoms. The highest BCUT2D eigenvalue weighted by molar-refractivity contribution is 6.24. The molecule has 2 amide bonds. The molecule has 0 radical (unpaired) electrons. The highest BCUT2D eigenvalue weighted by atomic mass is 16.5. The smallest absolute Gasteiger partial charge is 0.240 e. The number of anilines is 1. The van der Waals surface area contributed by atoms with Crippen molar-refractivity contribution in [2.45, 2.75) is 31.8 Å². The summed E-state index contributed by atoms with van der Waals surface area (Å²) in [5.74, 6) is -1.75. The predicted molar refractivity (Wildman–Crippen MR) is 139 cm³/mol. The van der Waals surface area contributed by atoms with Crippen LogP contribution in [0.5, 0.6) is 5.75 Å². The second-order valence-electron chi connectivity index (χ2n) is 9.63. The van der Waals surface area contributed by atoms with Crippen molar-refractivity contribution < 1.29 is 19.1 Å². The molecule has 1 unspecified atom stereocenters. The molecular formula is C30H27N3O4. The zero-order chi connectivity index (χ0) is 25.5. The number of nitrogens with zero attached hydrogens (tertiary/aromatic N) is 3. The van der Waals surface area contributed by atoms with E-state index >= 15 is 0 Å². The van der Waals surface area contributed by atoms with Crippen LogP contribution in [0, 0.1) is 11.8 Å². The molecule has 0 saturated carbocycles. The minimum absolute atomic E-state index is 0.211. The van der Waals surface area contributed by atoms with Crippen molar-refractivity contribution in [1.29, 1.82) is 0 Å². The Morgan fingerprint density at radius 3 is 2.35 bits per heavy atom. The van der Waals surface area contributed by atoms with E-state index in [0.29, 0.717) is 23.6 Å². The van der Waals surface area contributed by atoms with Crippen LogP contribution in [0.1, 0.15) is 47.3 Å². The lowest BCUT2D eigenvalue weighted by Crippen LogP contribution is -2.44. The quantitative estimate of drug-likeness (QED) is 0.273. The van der Waals surface area contributed by atoms with Gasteiger partial charge in [0, 0.05) is 5.56 Å². The number of benzene rings is 3. The molecule has 0 spiro atoms. The number of ketones is 1. The van der Waals surface area contributed by atoms with Crippen molar-refractivity contribution in [3.05, 3.63) is 95.6 Å². The number of carbonyl (C=O) groups is 3. The van der Waals surface area contributed by atoms with Gasteiger partial charge in [-0.1, -0.05) is 67.9 Å². The number of hydrogen-bond acceptors (Lipinski definition) is 6. The molecule has 2 saturated heterocycles. The van der Waals surface area contributed by atoms with Crippen LogP contribution < -0.4 is 9.64 Å². The standard InChI is InChI=1S/C30H27N3O4/c1-2-3-17-37-22-15-13-21(14-16-22)32-29(35)24-25(30(32)36)27(28(34)19-9-5-4-6-10-19)33-26(24)23-12-8-7-11-20(23)18-31-33/h4-16,18,24-27H,2-3,17H2,1H3/t24-,25+,26?,27-/m0/s1. The molecule has 3 aromatic carbocycles. The van der Waals surface area contributed by atoms with Crippen molar-refractivity contribution in [3.63, 3.8) is 0 Å². The number of rotatable bonds is 7. The first-order valence-electron chi connectivity index (χ1n) is 12.7. The molecule has 7 nitrogen and oxygen atoms in total. The number of imide groups is 1. The summed E-state index contributed by atoms with van der Waals surface area (Å²) in [6.45, 7) is 2.71. The van der Waals surface area contributed by atoms with Gasteiger partial charge >= 0.3 is 0 Å². The van der Waals surface area contributed by atoms with Gasteiger partial charge in [0.25, 0.3) is 0 Å². The largest absolute Gasteiger partial charge is 0.494 e. The van der Waals surface area contributed by atoms with E-state index in [-0.39, 0.29) is 17.6 Å². The summed E-state index contributed by atoms with van der Waals surface area (Å²) in [6, 6.07) is 22.3. The van der Waals surface area contributed by atoms with Gasteiger partial charge in [-0.3, -0.25) is 19.4 Å². The second-order valence-corrected chi connectivity index (χ2v) is 9.63. The normalized spacial score (nSPS) is 23.6. The monoisotopic (exact) mass is 493 g/mol. The molecular weight excluding hydrogens is 466 g/mol. The highest BCUT2D eigenvalue weighted by Gasteiger charge is 2.65. The van der Waals surface area contributed by atoms with Gasteiger partial charge in [0.05, 0.1) is 36.4 Å². The molecule has 0 aliphatic carbocycles. The Kier molecular flexibility index (Phi) is 5.83. The summed E-state index contributed by atoms with van der Waals surface area (Å²) in [7, 11) is 0. The molecule has 3 aliphatic rings. The van der Waals surface area contributed by atoms with E-state index in [1.807, 2.05) is 30.3 Å². The average Bonchev–Trinajstić information content (AvgIpc) is 3.41. The van der Waals surface area contributed by atoms with E-state index in [1.54, 1.807) is 59.8 Å². The lowest BCUT2D eigenvalue weighted by molar-refractivity contribution is -0.124. The Balaban J connectivity index is 1.39. The number of hydrazone groups is 1. The number of Topliss-reactive ketones (excluding diaryl/α,β-unsaturated/α-hetero) is 1. The fourth-order valence-corrected chi connectivity index (χ4v) is 5.72. The van der Waals surface area contributed by atoms with Crippen LogP contribution in [0.3, 0.4) is 0 Å². The van der Waals surface area contributed by atoms with Gasteiger partial charge in [0.2, 0.25) is 11.8 Å². The van der Waals surface area contributed by atoms with Gasteiger partial charge < -0.3 is 4.74 Å². The fraction of sp³-hybridized carbons (Fsp3) is 0.267. The Morgan fingerprint density at radius 1 is 0.892 bits per heavy atom. The first-order chi connectivity index (χ1) is 18.1. The maximum Gasteiger partial charge on any atom is 0.240 e. The topological polar surface area (TPSA) is 79.3 Å². The average molecular weight is 494 g/mol. The van der Waals surface area contributed by atoms with E-state index < -0.39 is 23.9 Å². The van der Waals surface area contributed by atoms with Crippen molar-refractivity contribution in [3.8, 4) is 5.75 Å². The molecule has 4 atom stereocenters. The predicted octanol–water partition coefficient (Wildman–Crippen LogP) is 4.63. The SMILES string of the molecule is CCCCOc1ccc(N2C(=O)[C@@H]3[C@H](C2=O)C2c4ccccc4C=NN2[C@@H]3C(=O)c2ccccc2)cc1. The van der Waals surface area contributed by atoms with Crippen LogP contribution in [-0.2, 0) is 9.59 Å². The summed E-state index contributed by atoms with van der Waals surface area (Å²) in [5, 5.41) is 6.29. The van der Waals surface area contributed by atoms with Crippen LogP contribution in [0.2, 0.25) is 0 Å². The number of hydrogen-bond donors (Lipinski definition) is 0. The van der Waals surface area contributed by atoms with Crippen LogP contribution in [0.4, 0.5) is 5.69 Å². The summed E-state index contributed by atoms with van der Waals surface area (Å²) in [6.07, 6.45) is 3.70. The number of fused-ring (bicyclic) bond motifs is 5. The molecule has 7 heteroatoms. The van der Waals surface area contributed by atoms with E-state index in [2.05, 4.69) is 12.0 Å². The maximum atomic E-state index is 13.9. The Hall–Kier alpha value is -4.26. The summed E-state index contributed by atoms with van der Waals surface area (Å²) >= 11 is 0. The zero-order valence-electron chi connectivity index (χ0n) is 20.5. The van der Waals surface area contributed by atoms with Gasteiger partial charge in [0.1, 0.15) is 11.8 Å². The minimum Gasteiger partial charge on any atom is -0.494 e. The molecule has 3 heterocycles. The molecule has 0 N–H and O–H groups in total. The maximum absolute atomic E-state index is 13.9. The molecule has 3 aromatic rings. The molecule has 3 aliphatic heterocycles. The van der Waals surface area contributed by atoms with E-state index in [4.69, 9.17) is 4.74 Å². The third-order valence-corrected chi connectivity index (χ3v) is 7.48. The van der Waals surface area contributed by atoms with Gasteiger partial charge in [0.15, 0.2) is 5.78 Å². The molecule has 2 fully saturated rings. The number of ether oxygens (including phenoxy) is 1. The van der Waals surface area contributed by atoms with Crippen LogP contribution in [0.15, 0.2) is 84.0 Å². The van der Waals surface area contributed by atoms with Crippen molar-refractivity contribution >= 4 is 29.5 Å². The molecule has 0 bridgehead atoms. The summed E-state index contributed by atoms with van der Waals surface area (Å²) in [5.41, 5.74) is 2.77. The van der Waals surface area contributed by atoms with E-state index in [9.17, 15) is 14.4 Å². The summed E-state index contributed by atoms with van der Waals surface area (Å²) in [4.78, 5) is 42.9. The van der Waals surface area contributed by atoms with Crippen LogP contribution in [-0.4, -0.2) is 41.5 Å². The lowest BCUT2D eigenvalue weighted by Gasteiger charge is -2.33. The number of amides is 2. The van der Waals surface area contributed by atoms with Gasteiger partial charge in [-0.05, 0) is 41.8 Å². The first-order valence-corrected chi connectivity index (χ1v) is 12.7. The third-order valence-electron chi connectivity index (χ3n) is 7.48. The van der Waals surface area contributed by atoms with Crippen molar-refractivity contribution in [1.82, 2.24) is 5.01 Å².